The molecular weight excluding hydrogens is 196 g/mol. The summed E-state index contributed by atoms with van der Waals surface area (Å²) in [6.07, 6.45) is 6.41. The molecule has 14 heavy (non-hydrogen) atoms. The maximum Gasteiger partial charge on any atom is 0.0950 e. The highest BCUT2D eigenvalue weighted by Crippen LogP contribution is 2.23. The van der Waals surface area contributed by atoms with E-state index >= 15 is 0 Å². The largest absolute Gasteiger partial charge is 0.390 e. The number of nitrogens with zero attached hydrogens (tertiary/aromatic N) is 2. The van der Waals surface area contributed by atoms with Crippen molar-refractivity contribution in [1.82, 2.24) is 9.55 Å². The highest BCUT2D eigenvalue weighted by Gasteiger charge is 2.14. The first-order valence-electron chi connectivity index (χ1n) is 5.07. The van der Waals surface area contributed by atoms with Crippen molar-refractivity contribution in [2.45, 2.75) is 26.0 Å². The van der Waals surface area contributed by atoms with Crippen molar-refractivity contribution in [1.29, 1.82) is 0 Å². The Morgan fingerprint density at radius 1 is 1.50 bits per heavy atom. The molecule has 0 saturated carbocycles. The summed E-state index contributed by atoms with van der Waals surface area (Å²) >= 11 is 2.05. The Morgan fingerprint density at radius 3 is 2.93 bits per heavy atom. The molecule has 3 nitrogen and oxygen atoms in total. The predicted octanol–water partition coefficient (Wildman–Crippen LogP) is 1.52. The second-order valence-corrected chi connectivity index (χ2v) is 5.00. The van der Waals surface area contributed by atoms with Crippen molar-refractivity contribution in [2.24, 2.45) is 5.92 Å². The van der Waals surface area contributed by atoms with E-state index in [4.69, 9.17) is 5.11 Å². The van der Waals surface area contributed by atoms with Crippen molar-refractivity contribution >= 4 is 11.8 Å². The van der Waals surface area contributed by atoms with Crippen LogP contribution in [0.3, 0.4) is 0 Å². The summed E-state index contributed by atoms with van der Waals surface area (Å²) in [5, 5.41) is 8.88. The van der Waals surface area contributed by atoms with Crippen LogP contribution in [0.1, 0.15) is 18.5 Å². The van der Waals surface area contributed by atoms with Gasteiger partial charge in [0.05, 0.1) is 18.6 Å². The van der Waals surface area contributed by atoms with E-state index in [1.54, 1.807) is 0 Å². The Balaban J connectivity index is 1.89. The molecule has 2 rings (SSSR count). The SMILES string of the molecule is OCc1cn(CC2CCSCC2)cn1. The molecule has 1 N–H and O–H groups in total. The highest BCUT2D eigenvalue weighted by molar-refractivity contribution is 7.99. The standard InChI is InChI=1S/C10H16N2OS/c13-7-10-6-12(8-11-10)5-9-1-3-14-4-2-9/h6,8-9,13H,1-5,7H2. The average molecular weight is 212 g/mol. The summed E-state index contributed by atoms with van der Waals surface area (Å²) in [5.74, 6) is 3.40. The van der Waals surface area contributed by atoms with Crippen LogP contribution in [0.15, 0.2) is 12.5 Å². The third-order valence-corrected chi connectivity index (χ3v) is 3.71. The molecule has 1 fully saturated rings. The third kappa shape index (κ3) is 2.51. The van der Waals surface area contributed by atoms with Crippen LogP contribution in [0, 0.1) is 5.92 Å². The van der Waals surface area contributed by atoms with Crippen LogP contribution in [0.25, 0.3) is 0 Å². The molecule has 0 unspecified atom stereocenters. The molecule has 0 atom stereocenters. The van der Waals surface area contributed by atoms with E-state index in [2.05, 4.69) is 21.3 Å². The molecule has 1 aliphatic rings. The fraction of sp³-hybridized carbons (Fsp3) is 0.700. The number of aliphatic hydroxyl groups excluding tert-OH is 1. The molecule has 0 radical (unpaired) electrons. The number of hydrogen-bond acceptors (Lipinski definition) is 3. The smallest absolute Gasteiger partial charge is 0.0950 e. The first-order valence-corrected chi connectivity index (χ1v) is 6.23. The number of aromatic nitrogens is 2. The summed E-state index contributed by atoms with van der Waals surface area (Å²) in [6.45, 7) is 1.11. The zero-order valence-electron chi connectivity index (χ0n) is 8.22. The van der Waals surface area contributed by atoms with Crippen molar-refractivity contribution < 1.29 is 5.11 Å². The van der Waals surface area contributed by atoms with Gasteiger partial charge < -0.3 is 9.67 Å². The molecule has 78 valence electrons. The first kappa shape index (κ1) is 10.1. The lowest BCUT2D eigenvalue weighted by atomic mass is 10.0. The van der Waals surface area contributed by atoms with Gasteiger partial charge >= 0.3 is 0 Å². The second kappa shape index (κ2) is 4.84. The number of rotatable bonds is 3. The van der Waals surface area contributed by atoms with Gasteiger partial charge in [-0.3, -0.25) is 0 Å². The number of hydrogen-bond donors (Lipinski definition) is 1. The molecule has 0 amide bonds. The summed E-state index contributed by atoms with van der Waals surface area (Å²) < 4.78 is 2.10. The van der Waals surface area contributed by atoms with Gasteiger partial charge in [0.15, 0.2) is 0 Å². The Labute approximate surface area is 88.5 Å². The average Bonchev–Trinajstić information content (AvgIpc) is 2.67. The minimum Gasteiger partial charge on any atom is -0.390 e. The number of thioether (sulfide) groups is 1. The number of imidazole rings is 1. The predicted molar refractivity (Wildman–Crippen MR) is 58.2 cm³/mol. The van der Waals surface area contributed by atoms with Crippen molar-refractivity contribution in [2.75, 3.05) is 11.5 Å². The van der Waals surface area contributed by atoms with Crippen LogP contribution in [-0.4, -0.2) is 26.2 Å². The van der Waals surface area contributed by atoms with E-state index in [9.17, 15) is 0 Å². The first-order chi connectivity index (χ1) is 6.88. The van der Waals surface area contributed by atoms with E-state index in [0.29, 0.717) is 0 Å². The summed E-state index contributed by atoms with van der Waals surface area (Å²) in [5.41, 5.74) is 0.773. The van der Waals surface area contributed by atoms with Crippen LogP contribution in [-0.2, 0) is 13.2 Å². The molecule has 0 bridgehead atoms. The molecule has 1 aliphatic heterocycles. The molecule has 1 aromatic rings. The third-order valence-electron chi connectivity index (χ3n) is 2.66. The van der Waals surface area contributed by atoms with Crippen molar-refractivity contribution in [3.05, 3.63) is 18.2 Å². The van der Waals surface area contributed by atoms with Gasteiger partial charge in [0.25, 0.3) is 0 Å². The number of aliphatic hydroxyl groups is 1. The minimum atomic E-state index is 0.0491. The van der Waals surface area contributed by atoms with E-state index in [0.717, 1.165) is 18.2 Å². The fourth-order valence-corrected chi connectivity index (χ4v) is 3.02. The van der Waals surface area contributed by atoms with Gasteiger partial charge in [0.1, 0.15) is 0 Å². The van der Waals surface area contributed by atoms with Crippen LogP contribution in [0.2, 0.25) is 0 Å². The molecule has 0 aromatic carbocycles. The Hall–Kier alpha value is -0.480. The summed E-state index contributed by atoms with van der Waals surface area (Å²) in [6, 6.07) is 0. The lowest BCUT2D eigenvalue weighted by Crippen LogP contribution is -2.15. The van der Waals surface area contributed by atoms with Gasteiger partial charge in [-0.2, -0.15) is 11.8 Å². The molecule has 4 heteroatoms. The quantitative estimate of drug-likeness (QED) is 0.825. The maximum absolute atomic E-state index is 8.88. The minimum absolute atomic E-state index is 0.0491. The monoisotopic (exact) mass is 212 g/mol. The van der Waals surface area contributed by atoms with Crippen LogP contribution < -0.4 is 0 Å². The summed E-state index contributed by atoms with van der Waals surface area (Å²) in [4.78, 5) is 4.11. The van der Waals surface area contributed by atoms with E-state index in [-0.39, 0.29) is 6.61 Å². The van der Waals surface area contributed by atoms with E-state index in [1.165, 1.54) is 24.3 Å². The Morgan fingerprint density at radius 2 is 2.29 bits per heavy atom. The van der Waals surface area contributed by atoms with Gasteiger partial charge in [0, 0.05) is 12.7 Å². The molecular formula is C10H16N2OS. The van der Waals surface area contributed by atoms with Gasteiger partial charge in [-0.1, -0.05) is 0 Å². The molecule has 1 aromatic heterocycles. The molecule has 0 aliphatic carbocycles. The zero-order valence-corrected chi connectivity index (χ0v) is 9.04. The Kier molecular flexibility index (Phi) is 3.48. The fourth-order valence-electron chi connectivity index (χ4n) is 1.82. The van der Waals surface area contributed by atoms with Crippen molar-refractivity contribution in [3.63, 3.8) is 0 Å². The van der Waals surface area contributed by atoms with Gasteiger partial charge in [-0.25, -0.2) is 4.98 Å². The molecule has 1 saturated heterocycles. The molecule has 0 spiro atoms. The maximum atomic E-state index is 8.88. The topological polar surface area (TPSA) is 38.0 Å². The van der Waals surface area contributed by atoms with E-state index < -0.39 is 0 Å². The van der Waals surface area contributed by atoms with Crippen molar-refractivity contribution in [3.8, 4) is 0 Å². The van der Waals surface area contributed by atoms with E-state index in [1.807, 2.05) is 12.5 Å². The molecule has 2 heterocycles. The van der Waals surface area contributed by atoms with Gasteiger partial charge in [-0.05, 0) is 30.3 Å². The Bertz CT molecular complexity index is 281. The lowest BCUT2D eigenvalue weighted by molar-refractivity contribution is 0.277. The van der Waals surface area contributed by atoms with Crippen LogP contribution in [0.4, 0.5) is 0 Å². The highest BCUT2D eigenvalue weighted by atomic mass is 32.2. The normalized spacial score (nSPS) is 18.6. The van der Waals surface area contributed by atoms with Crippen LogP contribution in [0.5, 0.6) is 0 Å². The summed E-state index contributed by atoms with van der Waals surface area (Å²) in [7, 11) is 0. The van der Waals surface area contributed by atoms with Gasteiger partial charge in [-0.15, -0.1) is 0 Å². The van der Waals surface area contributed by atoms with Gasteiger partial charge in [0.2, 0.25) is 0 Å². The zero-order chi connectivity index (χ0) is 9.80. The van der Waals surface area contributed by atoms with Crippen LogP contribution >= 0.6 is 11.8 Å². The second-order valence-electron chi connectivity index (χ2n) is 3.78. The lowest BCUT2D eigenvalue weighted by Gasteiger charge is -2.21.